The van der Waals surface area contributed by atoms with Crippen molar-refractivity contribution in [3.63, 3.8) is 0 Å². The Balaban J connectivity index is 1.03. The second-order valence-electron chi connectivity index (χ2n) is 15.0. The summed E-state index contributed by atoms with van der Waals surface area (Å²) in [7, 11) is 0. The van der Waals surface area contributed by atoms with Gasteiger partial charge < -0.3 is 13.7 Å². The van der Waals surface area contributed by atoms with Crippen molar-refractivity contribution in [3.8, 4) is 33.2 Å². The Morgan fingerprint density at radius 2 is 1.13 bits per heavy atom. The summed E-state index contributed by atoms with van der Waals surface area (Å²) in [4.78, 5) is 13.5. The lowest BCUT2D eigenvalue weighted by atomic mass is 10.0. The number of benzene rings is 9. The predicted molar refractivity (Wildman–Crippen MR) is 252 cm³/mol. The van der Waals surface area contributed by atoms with Gasteiger partial charge in [0.2, 0.25) is 5.89 Å². The minimum atomic E-state index is 0.574. The first kappa shape index (κ1) is 34.8. The lowest BCUT2D eigenvalue weighted by molar-refractivity contribution is 0.620. The van der Waals surface area contributed by atoms with E-state index in [1.165, 1.54) is 15.5 Å². The van der Waals surface area contributed by atoms with Crippen molar-refractivity contribution < 1.29 is 8.83 Å². The largest absolute Gasteiger partial charge is 0.455 e. The number of rotatable bonds is 7. The van der Waals surface area contributed by atoms with Crippen LogP contribution in [-0.2, 0) is 0 Å². The molecule has 0 fully saturated rings. The van der Waals surface area contributed by atoms with Gasteiger partial charge in [-0.3, -0.25) is 0 Å². The maximum absolute atomic E-state index is 6.84. The van der Waals surface area contributed by atoms with E-state index in [1.54, 1.807) is 23.1 Å². The number of oxazole rings is 1. The Morgan fingerprint density at radius 3 is 1.90 bits per heavy atom. The van der Waals surface area contributed by atoms with Gasteiger partial charge in [0.1, 0.15) is 16.1 Å². The van der Waals surface area contributed by atoms with Crippen molar-refractivity contribution in [2.24, 2.45) is 0 Å². The summed E-state index contributed by atoms with van der Waals surface area (Å²) < 4.78 is 14.5. The standard InChI is InChI=1S/C53H33N3O2S2/c1-59-51-46(24-23-43-42-22-21-37(29-47(42)57-50(43)51)32-11-3-2-4-12-32)56(40-19-9-17-38(25-40)52-54-44-27-33-13-5-7-15-35(33)30-48(44)58-52)41-20-10-18-39(26-41)53-55-45-28-34-14-6-8-16-36(34)31-49(45)60-53/h2-31H,1H3. The van der Waals surface area contributed by atoms with Gasteiger partial charge in [0.15, 0.2) is 11.2 Å². The number of hydrogen-bond acceptors (Lipinski definition) is 7. The van der Waals surface area contributed by atoms with Crippen molar-refractivity contribution in [1.82, 2.24) is 9.97 Å². The van der Waals surface area contributed by atoms with Crippen molar-refractivity contribution in [1.29, 1.82) is 0 Å². The number of aromatic nitrogens is 2. The molecule has 5 nitrogen and oxygen atoms in total. The molecule has 0 aliphatic rings. The normalized spacial score (nSPS) is 11.8. The molecule has 0 radical (unpaired) electrons. The number of hydrogen-bond donors (Lipinski definition) is 0. The lowest BCUT2D eigenvalue weighted by Gasteiger charge is -2.28. The Hall–Kier alpha value is -7.19. The molecule has 7 heteroatoms. The number of furan rings is 1. The van der Waals surface area contributed by atoms with Crippen molar-refractivity contribution in [3.05, 3.63) is 182 Å². The zero-order chi connectivity index (χ0) is 39.7. The third-order valence-corrected chi connectivity index (χ3v) is 13.2. The van der Waals surface area contributed by atoms with Gasteiger partial charge in [-0.05, 0) is 118 Å². The zero-order valence-corrected chi connectivity index (χ0v) is 33.9. The number of nitrogens with zero attached hydrogens (tertiary/aromatic N) is 3. The van der Waals surface area contributed by atoms with Gasteiger partial charge in [0, 0.05) is 33.3 Å². The number of thioether (sulfide) groups is 1. The van der Waals surface area contributed by atoms with Gasteiger partial charge in [-0.25, -0.2) is 9.97 Å². The van der Waals surface area contributed by atoms with Crippen molar-refractivity contribution in [2.75, 3.05) is 11.2 Å². The molecule has 0 atom stereocenters. The van der Waals surface area contributed by atoms with Crippen LogP contribution in [0.5, 0.6) is 0 Å². The van der Waals surface area contributed by atoms with Crippen molar-refractivity contribution >= 4 is 105 Å². The Kier molecular flexibility index (Phi) is 8.11. The molecule has 12 aromatic rings. The fraction of sp³-hybridized carbons (Fsp3) is 0.0189. The van der Waals surface area contributed by atoms with Crippen LogP contribution in [0.1, 0.15) is 0 Å². The van der Waals surface area contributed by atoms with Crippen LogP contribution in [0.2, 0.25) is 0 Å². The van der Waals surface area contributed by atoms with Crippen molar-refractivity contribution in [2.45, 2.75) is 4.90 Å². The molecular formula is C53H33N3O2S2. The maximum Gasteiger partial charge on any atom is 0.227 e. The summed E-state index contributed by atoms with van der Waals surface area (Å²) in [6, 6.07) is 63.9. The molecule has 0 unspecified atom stereocenters. The summed E-state index contributed by atoms with van der Waals surface area (Å²) in [5.74, 6) is 0.574. The molecular weight excluding hydrogens is 775 g/mol. The highest BCUT2D eigenvalue weighted by molar-refractivity contribution is 7.99. The van der Waals surface area contributed by atoms with E-state index in [1.807, 2.05) is 12.1 Å². The van der Waals surface area contributed by atoms with E-state index in [9.17, 15) is 0 Å². The molecule has 3 aromatic heterocycles. The Bertz CT molecular complexity index is 3360. The van der Waals surface area contributed by atoms with Crippen LogP contribution in [0.4, 0.5) is 17.1 Å². The fourth-order valence-corrected chi connectivity index (χ4v) is 10.1. The first-order valence-corrected chi connectivity index (χ1v) is 21.9. The molecule has 0 aliphatic carbocycles. The number of anilines is 3. The van der Waals surface area contributed by atoms with Crippen LogP contribution >= 0.6 is 23.1 Å². The average molecular weight is 808 g/mol. The van der Waals surface area contributed by atoms with Crippen LogP contribution in [0.15, 0.2) is 196 Å². The first-order valence-electron chi connectivity index (χ1n) is 19.8. The van der Waals surface area contributed by atoms with E-state index >= 15 is 0 Å². The molecule has 0 amide bonds. The van der Waals surface area contributed by atoms with E-state index in [4.69, 9.17) is 18.8 Å². The van der Waals surface area contributed by atoms with E-state index in [0.717, 1.165) is 98.5 Å². The quantitative estimate of drug-likeness (QED) is 0.150. The fourth-order valence-electron chi connectivity index (χ4n) is 8.44. The molecule has 3 heterocycles. The molecule has 0 N–H and O–H groups in total. The van der Waals surface area contributed by atoms with Gasteiger partial charge in [0.05, 0.1) is 20.8 Å². The topological polar surface area (TPSA) is 55.3 Å². The molecule has 0 saturated carbocycles. The van der Waals surface area contributed by atoms with Gasteiger partial charge in [-0.2, -0.15) is 0 Å². The second-order valence-corrected chi connectivity index (χ2v) is 16.8. The highest BCUT2D eigenvalue weighted by atomic mass is 32.2. The Morgan fingerprint density at radius 1 is 0.483 bits per heavy atom. The van der Waals surface area contributed by atoms with Gasteiger partial charge in [-0.1, -0.05) is 103 Å². The molecule has 0 spiro atoms. The third-order valence-electron chi connectivity index (χ3n) is 11.3. The predicted octanol–water partition coefficient (Wildman–Crippen LogP) is 15.8. The van der Waals surface area contributed by atoms with Gasteiger partial charge in [-0.15, -0.1) is 23.1 Å². The highest BCUT2D eigenvalue weighted by Gasteiger charge is 2.23. The van der Waals surface area contributed by atoms with Gasteiger partial charge >= 0.3 is 0 Å². The summed E-state index contributed by atoms with van der Waals surface area (Å²) in [6.45, 7) is 0. The molecule has 284 valence electrons. The van der Waals surface area contributed by atoms with Crippen LogP contribution < -0.4 is 4.90 Å². The number of fused-ring (bicyclic) bond motifs is 7. The Labute approximate surface area is 353 Å². The zero-order valence-electron chi connectivity index (χ0n) is 32.3. The molecule has 60 heavy (non-hydrogen) atoms. The number of thiazole rings is 1. The summed E-state index contributed by atoms with van der Waals surface area (Å²) >= 11 is 3.41. The maximum atomic E-state index is 6.84. The highest BCUT2D eigenvalue weighted by Crippen LogP contribution is 2.47. The molecule has 9 aromatic carbocycles. The van der Waals surface area contributed by atoms with Crippen LogP contribution in [0.3, 0.4) is 0 Å². The van der Waals surface area contributed by atoms with E-state index in [0.29, 0.717) is 5.89 Å². The second kappa shape index (κ2) is 14.0. The molecule has 0 saturated heterocycles. The van der Waals surface area contributed by atoms with E-state index in [-0.39, 0.29) is 0 Å². The van der Waals surface area contributed by atoms with Crippen LogP contribution in [0.25, 0.3) is 98.0 Å². The molecule has 0 bridgehead atoms. The van der Waals surface area contributed by atoms with E-state index in [2.05, 4.69) is 181 Å². The smallest absolute Gasteiger partial charge is 0.227 e. The SMILES string of the molecule is CSc1c(N(c2cccc(-c3nc4cc5ccccc5cc4o3)c2)c2cccc(-c3nc4cc5ccccc5cc4s3)c2)ccc2c1oc1cc(-c3ccccc3)ccc12. The monoisotopic (exact) mass is 807 g/mol. The van der Waals surface area contributed by atoms with E-state index < -0.39 is 0 Å². The first-order chi connectivity index (χ1) is 29.6. The summed E-state index contributed by atoms with van der Waals surface area (Å²) in [5, 5.41) is 7.81. The minimum Gasteiger partial charge on any atom is -0.455 e. The third kappa shape index (κ3) is 5.85. The average Bonchev–Trinajstić information content (AvgIpc) is 4.02. The lowest BCUT2D eigenvalue weighted by Crippen LogP contribution is -2.11. The summed E-state index contributed by atoms with van der Waals surface area (Å²) in [5.41, 5.74) is 11.5. The molecule has 0 aliphatic heterocycles. The minimum absolute atomic E-state index is 0.574. The van der Waals surface area contributed by atoms with Crippen LogP contribution in [-0.4, -0.2) is 16.2 Å². The molecule has 12 rings (SSSR count). The van der Waals surface area contributed by atoms with Crippen LogP contribution in [0, 0.1) is 0 Å². The summed E-state index contributed by atoms with van der Waals surface area (Å²) in [6.07, 6.45) is 2.12. The van der Waals surface area contributed by atoms with Gasteiger partial charge in [0.25, 0.3) is 0 Å².